The van der Waals surface area contributed by atoms with Gasteiger partial charge in [-0.25, -0.2) is 4.39 Å². The number of hydrogen-bond donors (Lipinski definition) is 2. The van der Waals surface area contributed by atoms with E-state index in [9.17, 15) is 4.39 Å². The zero-order valence-corrected chi connectivity index (χ0v) is 11.6. The molecule has 0 saturated heterocycles. The molecule has 0 amide bonds. The molecule has 1 aromatic carbocycles. The predicted molar refractivity (Wildman–Crippen MR) is 77.0 cm³/mol. The molecule has 2 aliphatic rings. The van der Waals surface area contributed by atoms with Crippen molar-refractivity contribution in [2.75, 3.05) is 5.73 Å². The molecule has 20 heavy (non-hydrogen) atoms. The van der Waals surface area contributed by atoms with E-state index in [0.29, 0.717) is 16.8 Å². The topological polar surface area (TPSA) is 54.7 Å². The Morgan fingerprint density at radius 3 is 2.75 bits per heavy atom. The Morgan fingerprint density at radius 2 is 2.05 bits per heavy atom. The second kappa shape index (κ2) is 4.22. The minimum Gasteiger partial charge on any atom is -0.382 e. The highest BCUT2D eigenvalue weighted by molar-refractivity contribution is 6.33. The summed E-state index contributed by atoms with van der Waals surface area (Å²) in [6.07, 6.45) is 3.89. The minimum absolute atomic E-state index is 0.342. The van der Waals surface area contributed by atoms with Gasteiger partial charge >= 0.3 is 0 Å². The number of benzene rings is 1. The number of aromatic amines is 1. The summed E-state index contributed by atoms with van der Waals surface area (Å²) in [4.78, 5) is 0. The lowest BCUT2D eigenvalue weighted by Gasteiger charge is -2.08. The van der Waals surface area contributed by atoms with Crippen molar-refractivity contribution in [2.45, 2.75) is 25.2 Å². The molecule has 4 rings (SSSR count). The van der Waals surface area contributed by atoms with Crippen LogP contribution in [0.2, 0.25) is 5.02 Å². The lowest BCUT2D eigenvalue weighted by atomic mass is 9.99. The maximum Gasteiger partial charge on any atom is 0.153 e. The maximum absolute atomic E-state index is 13.2. The summed E-state index contributed by atoms with van der Waals surface area (Å²) in [6.45, 7) is 0. The number of nitrogens with one attached hydrogen (secondary N) is 1. The van der Waals surface area contributed by atoms with Crippen molar-refractivity contribution in [1.29, 1.82) is 0 Å². The Balaban J connectivity index is 1.80. The maximum atomic E-state index is 13.2. The first-order valence-electron chi connectivity index (χ1n) is 6.96. The fourth-order valence-corrected chi connectivity index (χ4v) is 4.10. The molecule has 104 valence electrons. The number of hydrogen-bond acceptors (Lipinski definition) is 2. The number of rotatable bonds is 2. The van der Waals surface area contributed by atoms with Crippen molar-refractivity contribution in [2.24, 2.45) is 11.8 Å². The fourth-order valence-electron chi connectivity index (χ4n) is 3.84. The zero-order valence-electron chi connectivity index (χ0n) is 10.9. The summed E-state index contributed by atoms with van der Waals surface area (Å²) < 4.78 is 13.2. The van der Waals surface area contributed by atoms with Crippen LogP contribution < -0.4 is 5.73 Å². The van der Waals surface area contributed by atoms with E-state index >= 15 is 0 Å². The Bertz CT molecular complexity index is 672. The van der Waals surface area contributed by atoms with E-state index in [2.05, 4.69) is 10.2 Å². The predicted octanol–water partition coefficient (Wildman–Crippen LogP) is 3.96. The second-order valence-corrected chi connectivity index (χ2v) is 6.21. The van der Waals surface area contributed by atoms with Crippen molar-refractivity contribution in [1.82, 2.24) is 10.2 Å². The molecular formula is C15H15ClFN3. The molecule has 1 aromatic heterocycles. The van der Waals surface area contributed by atoms with E-state index < -0.39 is 0 Å². The zero-order chi connectivity index (χ0) is 13.9. The molecule has 3 N–H and O–H groups in total. The first kappa shape index (κ1) is 12.2. The molecule has 5 heteroatoms. The Hall–Kier alpha value is -1.55. The number of nitrogen functional groups attached to an aromatic ring is 1. The summed E-state index contributed by atoms with van der Waals surface area (Å²) in [5.74, 6) is 2.13. The van der Waals surface area contributed by atoms with Gasteiger partial charge in [-0.15, -0.1) is 0 Å². The number of anilines is 1. The highest BCUT2D eigenvalue weighted by Gasteiger charge is 2.54. The average molecular weight is 292 g/mol. The van der Waals surface area contributed by atoms with Crippen molar-refractivity contribution in [3.05, 3.63) is 34.7 Å². The first-order chi connectivity index (χ1) is 9.66. The van der Waals surface area contributed by atoms with Crippen molar-refractivity contribution in [3.63, 3.8) is 0 Å². The normalized spacial score (nSPS) is 27.6. The van der Waals surface area contributed by atoms with Gasteiger partial charge in [-0.05, 0) is 42.9 Å². The van der Waals surface area contributed by atoms with E-state index in [4.69, 9.17) is 17.3 Å². The lowest BCUT2D eigenvalue weighted by Crippen LogP contribution is -1.94. The summed E-state index contributed by atoms with van der Waals surface area (Å²) in [5, 5.41) is 7.60. The van der Waals surface area contributed by atoms with Gasteiger partial charge in [-0.3, -0.25) is 5.10 Å². The monoisotopic (exact) mass is 291 g/mol. The SMILES string of the molecule is Nc1n[nH]c(C2C3CCCC32)c1-c1ccc(F)cc1Cl. The number of aromatic nitrogens is 2. The number of nitrogens with zero attached hydrogens (tertiary/aromatic N) is 1. The van der Waals surface area contributed by atoms with E-state index in [1.807, 2.05) is 0 Å². The molecule has 2 saturated carbocycles. The fraction of sp³-hybridized carbons (Fsp3) is 0.400. The van der Waals surface area contributed by atoms with Gasteiger partial charge in [0.05, 0.1) is 5.02 Å². The van der Waals surface area contributed by atoms with Crippen LogP contribution in [0.3, 0.4) is 0 Å². The second-order valence-electron chi connectivity index (χ2n) is 5.81. The molecule has 2 unspecified atom stereocenters. The highest BCUT2D eigenvalue weighted by atomic mass is 35.5. The quantitative estimate of drug-likeness (QED) is 0.880. The Labute approximate surface area is 121 Å². The first-order valence-corrected chi connectivity index (χ1v) is 7.34. The summed E-state index contributed by atoms with van der Waals surface area (Å²) in [5.41, 5.74) is 8.70. The van der Waals surface area contributed by atoms with Crippen LogP contribution in [-0.4, -0.2) is 10.2 Å². The number of fused-ring (bicyclic) bond motifs is 1. The summed E-state index contributed by atoms with van der Waals surface area (Å²) >= 11 is 6.17. The van der Waals surface area contributed by atoms with Crippen LogP contribution in [-0.2, 0) is 0 Å². The molecule has 2 aliphatic carbocycles. The molecule has 0 bridgehead atoms. The third-order valence-electron chi connectivity index (χ3n) is 4.76. The lowest BCUT2D eigenvalue weighted by molar-refractivity contribution is 0.628. The van der Waals surface area contributed by atoms with Gasteiger partial charge in [0.15, 0.2) is 5.82 Å². The molecule has 2 atom stereocenters. The van der Waals surface area contributed by atoms with Gasteiger partial charge in [0.25, 0.3) is 0 Å². The van der Waals surface area contributed by atoms with E-state index in [1.165, 1.54) is 31.4 Å². The van der Waals surface area contributed by atoms with Crippen LogP contribution in [0, 0.1) is 17.7 Å². The molecule has 0 aliphatic heterocycles. The van der Waals surface area contributed by atoms with Crippen molar-refractivity contribution in [3.8, 4) is 11.1 Å². The molecule has 0 spiro atoms. The van der Waals surface area contributed by atoms with E-state index in [0.717, 1.165) is 28.7 Å². The Morgan fingerprint density at radius 1 is 1.30 bits per heavy atom. The smallest absolute Gasteiger partial charge is 0.153 e. The molecular weight excluding hydrogens is 277 g/mol. The van der Waals surface area contributed by atoms with Gasteiger partial charge < -0.3 is 5.73 Å². The highest BCUT2D eigenvalue weighted by Crippen LogP contribution is 2.64. The van der Waals surface area contributed by atoms with E-state index in [1.54, 1.807) is 6.07 Å². The van der Waals surface area contributed by atoms with Crippen molar-refractivity contribution >= 4 is 17.4 Å². The Kier molecular flexibility index (Phi) is 2.58. The van der Waals surface area contributed by atoms with Gasteiger partial charge in [-0.2, -0.15) is 5.10 Å². The molecule has 1 heterocycles. The third-order valence-corrected chi connectivity index (χ3v) is 5.08. The van der Waals surface area contributed by atoms with Gasteiger partial charge in [0.2, 0.25) is 0 Å². The minimum atomic E-state index is -0.342. The standard InChI is InChI=1S/C15H15ClFN3/c16-11-6-7(17)4-5-10(11)13-14(19-20-15(13)18)12-8-2-1-3-9(8)12/h4-6,8-9,12H,1-3H2,(H3,18,19,20). The van der Waals surface area contributed by atoms with Gasteiger partial charge in [0, 0.05) is 22.7 Å². The van der Waals surface area contributed by atoms with Crippen LogP contribution >= 0.6 is 11.6 Å². The number of H-pyrrole nitrogens is 1. The number of nitrogens with two attached hydrogens (primary N) is 1. The summed E-state index contributed by atoms with van der Waals surface area (Å²) in [7, 11) is 0. The van der Waals surface area contributed by atoms with Crippen LogP contribution in [0.1, 0.15) is 30.9 Å². The van der Waals surface area contributed by atoms with Crippen molar-refractivity contribution < 1.29 is 4.39 Å². The van der Waals surface area contributed by atoms with Crippen LogP contribution in [0.25, 0.3) is 11.1 Å². The largest absolute Gasteiger partial charge is 0.382 e. The molecule has 2 aromatic rings. The van der Waals surface area contributed by atoms with Gasteiger partial charge in [-0.1, -0.05) is 18.0 Å². The average Bonchev–Trinajstić information content (AvgIpc) is 2.76. The van der Waals surface area contributed by atoms with E-state index in [-0.39, 0.29) is 5.82 Å². The van der Waals surface area contributed by atoms with Crippen LogP contribution in [0.15, 0.2) is 18.2 Å². The van der Waals surface area contributed by atoms with Crippen LogP contribution in [0.5, 0.6) is 0 Å². The van der Waals surface area contributed by atoms with Crippen LogP contribution in [0.4, 0.5) is 10.2 Å². The molecule has 2 fully saturated rings. The van der Waals surface area contributed by atoms with Gasteiger partial charge in [0.1, 0.15) is 5.82 Å². The third kappa shape index (κ3) is 1.67. The molecule has 3 nitrogen and oxygen atoms in total. The number of halogens is 2. The molecule has 0 radical (unpaired) electrons. The summed E-state index contributed by atoms with van der Waals surface area (Å²) in [6, 6.07) is 4.41.